The number of nitrogens with two attached hydrogens (primary N) is 1. The molecule has 0 bridgehead atoms. The van der Waals surface area contributed by atoms with Crippen molar-refractivity contribution in [2.45, 2.75) is 50.6 Å². The summed E-state index contributed by atoms with van der Waals surface area (Å²) < 4.78 is 75.7. The molecule has 19 heavy (non-hydrogen) atoms. The Morgan fingerprint density at radius 1 is 1.11 bits per heavy atom. The monoisotopic (exact) mass is 294 g/mol. The highest BCUT2D eigenvalue weighted by atomic mass is 19.4. The molecule has 0 fully saturated rings. The van der Waals surface area contributed by atoms with Crippen molar-refractivity contribution in [1.29, 1.82) is 0 Å². The van der Waals surface area contributed by atoms with Crippen LogP contribution in [0.4, 0.5) is 26.3 Å². The molecule has 0 rings (SSSR count). The molecule has 0 amide bonds. The van der Waals surface area contributed by atoms with Gasteiger partial charge in [-0.2, -0.15) is 31.4 Å². The third-order valence-electron chi connectivity index (χ3n) is 2.79. The van der Waals surface area contributed by atoms with Crippen molar-refractivity contribution in [3.05, 3.63) is 0 Å². The van der Waals surface area contributed by atoms with Gasteiger partial charge in [-0.1, -0.05) is 26.2 Å². The van der Waals surface area contributed by atoms with Crippen molar-refractivity contribution in [3.63, 3.8) is 0 Å². The summed E-state index contributed by atoms with van der Waals surface area (Å²) in [5, 5.41) is 11.9. The maximum absolute atomic E-state index is 12.6. The van der Waals surface area contributed by atoms with Gasteiger partial charge < -0.3 is 10.9 Å². The molecule has 0 aromatic rings. The van der Waals surface area contributed by atoms with Crippen LogP contribution in [-0.2, 0) is 0 Å². The Morgan fingerprint density at radius 3 is 1.89 bits per heavy atom. The van der Waals surface area contributed by atoms with E-state index in [-0.39, 0.29) is 6.42 Å². The van der Waals surface area contributed by atoms with Gasteiger partial charge in [0.05, 0.1) is 0 Å². The summed E-state index contributed by atoms with van der Waals surface area (Å²) in [6, 6.07) is 0. The molecular weight excluding hydrogens is 278 g/mol. The fourth-order valence-corrected chi connectivity index (χ4v) is 1.69. The summed E-state index contributed by atoms with van der Waals surface area (Å²) in [6.07, 6.45) is -10.8. The third kappa shape index (κ3) is 3.99. The van der Waals surface area contributed by atoms with Crippen LogP contribution in [0.15, 0.2) is 5.10 Å². The molecule has 0 spiro atoms. The lowest BCUT2D eigenvalue weighted by Gasteiger charge is -2.37. The van der Waals surface area contributed by atoms with E-state index in [0.29, 0.717) is 19.1 Å². The van der Waals surface area contributed by atoms with Crippen molar-refractivity contribution in [2.75, 3.05) is 0 Å². The maximum Gasteiger partial charge on any atom is 0.426 e. The van der Waals surface area contributed by atoms with Crippen molar-refractivity contribution in [2.24, 2.45) is 16.9 Å². The Balaban J connectivity index is 5.40. The van der Waals surface area contributed by atoms with Crippen molar-refractivity contribution >= 4 is 6.21 Å². The van der Waals surface area contributed by atoms with Gasteiger partial charge in [-0.05, 0) is 6.42 Å². The second-order valence-electron chi connectivity index (χ2n) is 4.16. The highest BCUT2D eigenvalue weighted by Gasteiger charge is 2.73. The molecule has 0 aliphatic carbocycles. The second kappa shape index (κ2) is 6.44. The number of rotatable bonds is 6. The lowest BCUT2D eigenvalue weighted by molar-refractivity contribution is -0.378. The summed E-state index contributed by atoms with van der Waals surface area (Å²) in [7, 11) is 0. The molecule has 0 heterocycles. The number of hydrogen-bond donors (Lipinski definition) is 2. The molecule has 9 heteroatoms. The predicted octanol–water partition coefficient (Wildman–Crippen LogP) is 2.98. The van der Waals surface area contributed by atoms with Crippen LogP contribution in [0, 0.1) is 5.92 Å². The Bertz CT molecular complexity index is 285. The Morgan fingerprint density at radius 2 is 1.58 bits per heavy atom. The molecule has 3 N–H and O–H groups in total. The number of hydrogen-bond acceptors (Lipinski definition) is 3. The van der Waals surface area contributed by atoms with E-state index in [9.17, 15) is 31.4 Å². The number of aliphatic hydroxyl groups is 1. The van der Waals surface area contributed by atoms with Crippen molar-refractivity contribution < 1.29 is 31.4 Å². The van der Waals surface area contributed by atoms with E-state index < -0.39 is 30.3 Å². The van der Waals surface area contributed by atoms with Gasteiger partial charge in [0.2, 0.25) is 0 Å². The van der Waals surface area contributed by atoms with Crippen LogP contribution in [0.2, 0.25) is 0 Å². The molecule has 0 aromatic heterocycles. The fourth-order valence-electron chi connectivity index (χ4n) is 1.69. The minimum Gasteiger partial charge on any atom is -0.373 e. The molecule has 0 radical (unpaired) electrons. The van der Waals surface area contributed by atoms with Gasteiger partial charge in [0.25, 0.3) is 5.60 Å². The first kappa shape index (κ1) is 18.0. The molecule has 114 valence electrons. The van der Waals surface area contributed by atoms with E-state index in [4.69, 9.17) is 0 Å². The zero-order valence-corrected chi connectivity index (χ0v) is 10.2. The van der Waals surface area contributed by atoms with E-state index in [1.54, 1.807) is 6.92 Å². The van der Waals surface area contributed by atoms with Crippen LogP contribution in [0.5, 0.6) is 0 Å². The second-order valence-corrected chi connectivity index (χ2v) is 4.16. The van der Waals surface area contributed by atoms with E-state index in [1.165, 1.54) is 0 Å². The smallest absolute Gasteiger partial charge is 0.373 e. The van der Waals surface area contributed by atoms with Gasteiger partial charge in [0.1, 0.15) is 0 Å². The summed E-state index contributed by atoms with van der Waals surface area (Å²) in [5.41, 5.74) is -4.84. The largest absolute Gasteiger partial charge is 0.426 e. The molecule has 1 atom stereocenters. The number of unbranched alkanes of at least 4 members (excludes halogenated alkanes) is 2. The van der Waals surface area contributed by atoms with Crippen LogP contribution in [-0.4, -0.2) is 29.3 Å². The number of alkyl halides is 6. The number of nitrogens with zero attached hydrogens (tertiary/aromatic N) is 1. The topological polar surface area (TPSA) is 58.6 Å². The van der Waals surface area contributed by atoms with Crippen LogP contribution in [0.25, 0.3) is 0 Å². The molecule has 1 unspecified atom stereocenters. The quantitative estimate of drug-likeness (QED) is 0.260. The molecule has 0 saturated heterocycles. The highest BCUT2D eigenvalue weighted by Crippen LogP contribution is 2.48. The maximum atomic E-state index is 12.6. The standard InChI is InChI=1S/C10H16F6N2O/c1-2-3-4-5-7(6-18-17)8(19,9(11,12)13)10(14,15)16/h6-7,19H,2-5,17H2,1H3/b18-6+. The van der Waals surface area contributed by atoms with Gasteiger partial charge in [0, 0.05) is 12.1 Å². The summed E-state index contributed by atoms with van der Waals surface area (Å²) in [5.74, 6) is 2.38. The lowest BCUT2D eigenvalue weighted by atomic mass is 9.83. The third-order valence-corrected chi connectivity index (χ3v) is 2.79. The van der Waals surface area contributed by atoms with E-state index in [0.717, 1.165) is 0 Å². The van der Waals surface area contributed by atoms with Crippen molar-refractivity contribution in [3.8, 4) is 0 Å². The fraction of sp³-hybridized carbons (Fsp3) is 0.900. The van der Waals surface area contributed by atoms with Crippen LogP contribution >= 0.6 is 0 Å². The van der Waals surface area contributed by atoms with Gasteiger partial charge in [-0.15, -0.1) is 0 Å². The predicted molar refractivity (Wildman–Crippen MR) is 57.4 cm³/mol. The molecule has 3 nitrogen and oxygen atoms in total. The first-order chi connectivity index (χ1) is 8.52. The zero-order chi connectivity index (χ0) is 15.3. The molecule has 0 saturated carbocycles. The summed E-state index contributed by atoms with van der Waals surface area (Å²) in [6.45, 7) is 1.74. The first-order valence-corrected chi connectivity index (χ1v) is 5.61. The van der Waals surface area contributed by atoms with Gasteiger partial charge in [-0.3, -0.25) is 0 Å². The zero-order valence-electron chi connectivity index (χ0n) is 10.2. The van der Waals surface area contributed by atoms with Crippen LogP contribution in [0.1, 0.15) is 32.6 Å². The molecule has 0 aliphatic rings. The van der Waals surface area contributed by atoms with Gasteiger partial charge in [-0.25, -0.2) is 0 Å². The SMILES string of the molecule is CCCCCC(/C=N/N)C(O)(C(F)(F)F)C(F)(F)F. The van der Waals surface area contributed by atoms with E-state index in [1.807, 2.05) is 0 Å². The average molecular weight is 294 g/mol. The lowest BCUT2D eigenvalue weighted by Crippen LogP contribution is -2.62. The number of hydrazone groups is 1. The molecular formula is C10H16F6N2O. The Hall–Kier alpha value is -0.990. The van der Waals surface area contributed by atoms with E-state index >= 15 is 0 Å². The van der Waals surface area contributed by atoms with Gasteiger partial charge in [0.15, 0.2) is 0 Å². The molecule has 0 aliphatic heterocycles. The molecule has 0 aromatic carbocycles. The van der Waals surface area contributed by atoms with Gasteiger partial charge >= 0.3 is 12.4 Å². The van der Waals surface area contributed by atoms with Crippen molar-refractivity contribution in [1.82, 2.24) is 0 Å². The van der Waals surface area contributed by atoms with E-state index in [2.05, 4.69) is 10.9 Å². The Labute approximate surface area is 106 Å². The minimum atomic E-state index is -5.86. The van der Waals surface area contributed by atoms with Crippen LogP contribution < -0.4 is 5.84 Å². The first-order valence-electron chi connectivity index (χ1n) is 5.61. The highest BCUT2D eigenvalue weighted by molar-refractivity contribution is 5.62. The summed E-state index contributed by atoms with van der Waals surface area (Å²) in [4.78, 5) is 0. The minimum absolute atomic E-state index is 0.0989. The van der Waals surface area contributed by atoms with Crippen LogP contribution in [0.3, 0.4) is 0 Å². The average Bonchev–Trinajstić information content (AvgIpc) is 2.24. The normalized spacial score (nSPS) is 16.0. The number of halogens is 6. The summed E-state index contributed by atoms with van der Waals surface area (Å²) >= 11 is 0. The Kier molecular flexibility index (Phi) is 6.11.